The Bertz CT molecular complexity index is 1370. The van der Waals surface area contributed by atoms with Crippen LogP contribution in [0.3, 0.4) is 0 Å². The standard InChI is InChI=1S/C23H19N5O3S/c1-14-4-2-6-16(8-14)17-10-20-19(21(29)11-17)12-27-22(24-20)25-23(26-27)32-13-15-5-3-7-18(9-15)28(30)31/h2-9,12,17H,10-11,13H2,1H3/t17-/m0/s1. The van der Waals surface area contributed by atoms with E-state index < -0.39 is 4.92 Å². The summed E-state index contributed by atoms with van der Waals surface area (Å²) in [7, 11) is 0. The van der Waals surface area contributed by atoms with Crippen LogP contribution in [0.15, 0.2) is 59.9 Å². The number of nitro benzene ring substituents is 1. The summed E-state index contributed by atoms with van der Waals surface area (Å²) in [6.07, 6.45) is 2.85. The van der Waals surface area contributed by atoms with Crippen molar-refractivity contribution in [2.75, 3.05) is 0 Å². The number of non-ortho nitro benzene ring substituents is 1. The maximum atomic E-state index is 12.8. The summed E-state index contributed by atoms with van der Waals surface area (Å²) in [6.45, 7) is 2.05. The lowest BCUT2D eigenvalue weighted by atomic mass is 9.82. The number of rotatable bonds is 5. The van der Waals surface area contributed by atoms with E-state index in [-0.39, 0.29) is 17.4 Å². The normalized spacial score (nSPS) is 15.7. The molecular formula is C23H19N5O3S. The van der Waals surface area contributed by atoms with E-state index in [1.165, 1.54) is 23.4 Å². The van der Waals surface area contributed by atoms with E-state index in [9.17, 15) is 14.9 Å². The SMILES string of the molecule is Cc1cccc([C@@H]2CC(=O)c3cn4nc(SCc5cccc([N+](=O)[O-])c5)nc4nc3C2)c1. The zero-order valence-electron chi connectivity index (χ0n) is 17.3. The van der Waals surface area contributed by atoms with Gasteiger partial charge in [0.15, 0.2) is 5.78 Å². The van der Waals surface area contributed by atoms with Gasteiger partial charge in [-0.1, -0.05) is 53.7 Å². The number of carbonyl (C=O) groups is 1. The number of hydrogen-bond donors (Lipinski definition) is 0. The molecule has 0 bridgehead atoms. The van der Waals surface area contributed by atoms with Crippen LogP contribution in [0.25, 0.3) is 5.78 Å². The van der Waals surface area contributed by atoms with E-state index in [0.29, 0.717) is 35.1 Å². The number of aromatic nitrogens is 4. The molecular weight excluding hydrogens is 426 g/mol. The number of nitrogens with zero attached hydrogens (tertiary/aromatic N) is 5. The summed E-state index contributed by atoms with van der Waals surface area (Å²) in [5.41, 5.74) is 4.55. The Morgan fingerprint density at radius 1 is 1.16 bits per heavy atom. The smallest absolute Gasteiger partial charge is 0.269 e. The number of Topliss-reactive ketones (excluding diaryl/α,β-unsaturated/α-hetero) is 1. The first-order valence-electron chi connectivity index (χ1n) is 10.2. The molecule has 0 radical (unpaired) electrons. The van der Waals surface area contributed by atoms with E-state index >= 15 is 0 Å². The van der Waals surface area contributed by atoms with Gasteiger partial charge in [0.25, 0.3) is 11.5 Å². The van der Waals surface area contributed by atoms with Gasteiger partial charge in [-0.05, 0) is 30.4 Å². The van der Waals surface area contributed by atoms with Crippen LogP contribution in [0, 0.1) is 17.0 Å². The highest BCUT2D eigenvalue weighted by Gasteiger charge is 2.28. The van der Waals surface area contributed by atoms with Crippen molar-refractivity contribution < 1.29 is 9.72 Å². The van der Waals surface area contributed by atoms with Crippen molar-refractivity contribution >= 4 is 29.0 Å². The highest BCUT2D eigenvalue weighted by atomic mass is 32.2. The van der Waals surface area contributed by atoms with Gasteiger partial charge >= 0.3 is 0 Å². The van der Waals surface area contributed by atoms with Gasteiger partial charge in [-0.15, -0.1) is 5.10 Å². The minimum atomic E-state index is -0.410. The molecule has 5 rings (SSSR count). The van der Waals surface area contributed by atoms with Crippen molar-refractivity contribution in [3.8, 4) is 0 Å². The highest BCUT2D eigenvalue weighted by Crippen LogP contribution is 2.32. The molecule has 1 atom stereocenters. The lowest BCUT2D eigenvalue weighted by Crippen LogP contribution is -2.21. The Labute approximate surface area is 187 Å². The number of aryl methyl sites for hydroxylation is 1. The van der Waals surface area contributed by atoms with Crippen molar-refractivity contribution in [2.24, 2.45) is 0 Å². The maximum Gasteiger partial charge on any atom is 0.269 e. The predicted octanol–water partition coefficient (Wildman–Crippen LogP) is 4.55. The van der Waals surface area contributed by atoms with Gasteiger partial charge in [0.05, 0.1) is 16.2 Å². The number of fused-ring (bicyclic) bond motifs is 2. The molecule has 2 heterocycles. The Morgan fingerprint density at radius 3 is 2.81 bits per heavy atom. The molecule has 0 spiro atoms. The summed E-state index contributed by atoms with van der Waals surface area (Å²) < 4.78 is 1.54. The fraction of sp³-hybridized carbons (Fsp3) is 0.217. The average Bonchev–Trinajstić information content (AvgIpc) is 3.18. The second-order valence-electron chi connectivity index (χ2n) is 7.90. The molecule has 2 aromatic carbocycles. The summed E-state index contributed by atoms with van der Waals surface area (Å²) in [5, 5.41) is 15.9. The molecule has 9 heteroatoms. The van der Waals surface area contributed by atoms with Crippen molar-refractivity contribution in [1.29, 1.82) is 0 Å². The molecule has 4 aromatic rings. The van der Waals surface area contributed by atoms with Crippen molar-refractivity contribution in [3.05, 3.63) is 92.8 Å². The van der Waals surface area contributed by atoms with Gasteiger partial charge in [0, 0.05) is 30.5 Å². The fourth-order valence-corrected chi connectivity index (χ4v) is 4.76. The van der Waals surface area contributed by atoms with E-state index in [1.54, 1.807) is 22.8 Å². The summed E-state index contributed by atoms with van der Waals surface area (Å²) in [5.74, 6) is 1.11. The number of ketones is 1. The molecule has 8 nitrogen and oxygen atoms in total. The van der Waals surface area contributed by atoms with E-state index in [4.69, 9.17) is 0 Å². The van der Waals surface area contributed by atoms with Gasteiger partial charge in [-0.2, -0.15) is 4.98 Å². The van der Waals surface area contributed by atoms with Crippen molar-refractivity contribution in [1.82, 2.24) is 19.6 Å². The summed E-state index contributed by atoms with van der Waals surface area (Å²) >= 11 is 1.37. The van der Waals surface area contributed by atoms with E-state index in [0.717, 1.165) is 16.8 Å². The van der Waals surface area contributed by atoms with Gasteiger partial charge in [0.1, 0.15) is 0 Å². The zero-order chi connectivity index (χ0) is 22.2. The van der Waals surface area contributed by atoms with Gasteiger partial charge in [0.2, 0.25) is 5.16 Å². The number of hydrogen-bond acceptors (Lipinski definition) is 7. The van der Waals surface area contributed by atoms with E-state index in [2.05, 4.69) is 27.2 Å². The molecule has 0 N–H and O–H groups in total. The minimum absolute atomic E-state index is 0.0575. The second kappa shape index (κ2) is 8.16. The molecule has 1 aliphatic rings. The second-order valence-corrected chi connectivity index (χ2v) is 8.84. The minimum Gasteiger partial charge on any atom is -0.294 e. The average molecular weight is 446 g/mol. The third-order valence-electron chi connectivity index (χ3n) is 5.57. The van der Waals surface area contributed by atoms with Gasteiger partial charge < -0.3 is 0 Å². The number of thioether (sulfide) groups is 1. The Hall–Kier alpha value is -3.59. The van der Waals surface area contributed by atoms with E-state index in [1.807, 2.05) is 25.1 Å². The Kier molecular flexibility index (Phi) is 5.18. The summed E-state index contributed by atoms with van der Waals surface area (Å²) in [6, 6.07) is 14.8. The van der Waals surface area contributed by atoms with Crippen LogP contribution in [-0.2, 0) is 12.2 Å². The molecule has 0 aliphatic heterocycles. The first-order chi connectivity index (χ1) is 15.5. The van der Waals surface area contributed by atoms with Crippen LogP contribution in [0.1, 0.15) is 45.1 Å². The van der Waals surface area contributed by atoms with Gasteiger partial charge in [-0.3, -0.25) is 14.9 Å². The number of carbonyl (C=O) groups excluding carboxylic acids is 1. The third-order valence-corrected chi connectivity index (χ3v) is 6.47. The molecule has 32 heavy (non-hydrogen) atoms. The number of nitro groups is 1. The highest BCUT2D eigenvalue weighted by molar-refractivity contribution is 7.98. The van der Waals surface area contributed by atoms with Gasteiger partial charge in [-0.25, -0.2) is 9.50 Å². The molecule has 0 saturated carbocycles. The topological polar surface area (TPSA) is 103 Å². The van der Waals surface area contributed by atoms with Crippen LogP contribution in [0.2, 0.25) is 0 Å². The Balaban J connectivity index is 1.38. The van der Waals surface area contributed by atoms with Crippen LogP contribution >= 0.6 is 11.8 Å². The first kappa shape index (κ1) is 20.3. The predicted molar refractivity (Wildman–Crippen MR) is 120 cm³/mol. The van der Waals surface area contributed by atoms with Crippen molar-refractivity contribution in [2.45, 2.75) is 36.6 Å². The number of benzene rings is 2. The molecule has 160 valence electrons. The van der Waals surface area contributed by atoms with Crippen LogP contribution in [0.4, 0.5) is 5.69 Å². The third kappa shape index (κ3) is 3.99. The maximum absolute atomic E-state index is 12.8. The van der Waals surface area contributed by atoms with Crippen LogP contribution in [-0.4, -0.2) is 30.3 Å². The lowest BCUT2D eigenvalue weighted by molar-refractivity contribution is -0.384. The zero-order valence-corrected chi connectivity index (χ0v) is 18.1. The lowest BCUT2D eigenvalue weighted by Gasteiger charge is -2.23. The van der Waals surface area contributed by atoms with Crippen LogP contribution < -0.4 is 0 Å². The summed E-state index contributed by atoms with van der Waals surface area (Å²) in [4.78, 5) is 32.5. The molecule has 0 fully saturated rings. The molecule has 0 unspecified atom stereocenters. The first-order valence-corrected chi connectivity index (χ1v) is 11.2. The molecule has 0 amide bonds. The quantitative estimate of drug-likeness (QED) is 0.252. The largest absolute Gasteiger partial charge is 0.294 e. The molecule has 1 aliphatic carbocycles. The molecule has 0 saturated heterocycles. The fourth-order valence-electron chi connectivity index (χ4n) is 3.99. The molecule has 2 aromatic heterocycles. The Morgan fingerprint density at radius 2 is 2.00 bits per heavy atom. The van der Waals surface area contributed by atoms with Crippen molar-refractivity contribution in [3.63, 3.8) is 0 Å². The monoisotopic (exact) mass is 445 g/mol. The van der Waals surface area contributed by atoms with Crippen LogP contribution in [0.5, 0.6) is 0 Å².